The molecule has 1 aliphatic heterocycles. The van der Waals surface area contributed by atoms with Gasteiger partial charge in [-0.25, -0.2) is 4.98 Å². The molecule has 1 unspecified atom stereocenters. The summed E-state index contributed by atoms with van der Waals surface area (Å²) in [5.41, 5.74) is 0.315. The molecular weight excluding hydrogens is 442 g/mol. The van der Waals surface area contributed by atoms with Gasteiger partial charge in [-0.05, 0) is 50.2 Å². The fourth-order valence-electron chi connectivity index (χ4n) is 3.67. The molecular formula is C22H17F4N5O2. The van der Waals surface area contributed by atoms with Crippen molar-refractivity contribution in [2.75, 3.05) is 16.8 Å². The molecule has 1 N–H and O–H groups in total. The minimum absolute atomic E-state index is 0.0190. The van der Waals surface area contributed by atoms with E-state index in [1.54, 1.807) is 13.8 Å². The molecule has 2 amide bonds. The molecule has 11 heteroatoms. The average Bonchev–Trinajstić information content (AvgIpc) is 2.83. The number of hydrogen-bond acceptors (Lipinski definition) is 5. The highest BCUT2D eigenvalue weighted by atomic mass is 19.4. The Labute approximate surface area is 185 Å². The lowest BCUT2D eigenvalue weighted by Gasteiger charge is -2.24. The van der Waals surface area contributed by atoms with E-state index in [2.05, 4.69) is 20.5 Å². The van der Waals surface area contributed by atoms with Gasteiger partial charge in [0.2, 0.25) is 17.8 Å². The van der Waals surface area contributed by atoms with Crippen LogP contribution in [0, 0.1) is 12.9 Å². The van der Waals surface area contributed by atoms with Crippen molar-refractivity contribution in [2.45, 2.75) is 25.9 Å². The third kappa shape index (κ3) is 4.26. The molecule has 0 aliphatic carbocycles. The molecule has 2 aromatic heterocycles. The fraction of sp³-hybridized carbons (Fsp3) is 0.227. The number of anilines is 2. The van der Waals surface area contributed by atoms with Gasteiger partial charge in [0.25, 0.3) is 0 Å². The van der Waals surface area contributed by atoms with E-state index in [1.165, 1.54) is 18.3 Å². The zero-order chi connectivity index (χ0) is 23.9. The number of amides is 2. The summed E-state index contributed by atoms with van der Waals surface area (Å²) in [6.45, 7) is 2.62. The highest BCUT2D eigenvalue weighted by Gasteiger charge is 2.36. The van der Waals surface area contributed by atoms with Crippen molar-refractivity contribution in [1.29, 1.82) is 0 Å². The Morgan fingerprint density at radius 2 is 1.88 bits per heavy atom. The highest BCUT2D eigenvalue weighted by Crippen LogP contribution is 2.41. The lowest BCUT2D eigenvalue weighted by atomic mass is 9.99. The lowest BCUT2D eigenvalue weighted by Crippen LogP contribution is -2.40. The van der Waals surface area contributed by atoms with Crippen molar-refractivity contribution in [3.8, 4) is 11.1 Å². The second kappa shape index (κ2) is 8.23. The normalized spacial score (nSPS) is 15.5. The summed E-state index contributed by atoms with van der Waals surface area (Å²) >= 11 is 0. The Morgan fingerprint density at radius 1 is 1.18 bits per heavy atom. The predicted molar refractivity (Wildman–Crippen MR) is 111 cm³/mol. The van der Waals surface area contributed by atoms with E-state index in [4.69, 9.17) is 0 Å². The summed E-state index contributed by atoms with van der Waals surface area (Å²) in [6.07, 6.45) is -3.14. The molecule has 170 valence electrons. The standard InChI is InChI=1S/C22H17F4N5O2/c1-11-9-16-18(20(23)28-11)15-7-8-27-30-19(15)12(2)21(33)31(16)10-17(32)29-14-5-3-13(4-6-14)22(24,25)26/h3-9,12H,10H2,1-2H3,(H,29,32). The Morgan fingerprint density at radius 3 is 2.55 bits per heavy atom. The zero-order valence-corrected chi connectivity index (χ0v) is 17.4. The second-order valence-electron chi connectivity index (χ2n) is 7.55. The first-order chi connectivity index (χ1) is 15.6. The third-order valence-corrected chi connectivity index (χ3v) is 5.24. The Bertz CT molecular complexity index is 1240. The number of halogens is 4. The van der Waals surface area contributed by atoms with Crippen LogP contribution in [0.25, 0.3) is 11.1 Å². The molecule has 7 nitrogen and oxygen atoms in total. The minimum atomic E-state index is -4.51. The summed E-state index contributed by atoms with van der Waals surface area (Å²) in [5.74, 6) is -2.84. The van der Waals surface area contributed by atoms with E-state index in [1.807, 2.05) is 0 Å². The van der Waals surface area contributed by atoms with E-state index in [-0.39, 0.29) is 22.6 Å². The number of aryl methyl sites for hydroxylation is 1. The molecule has 0 saturated carbocycles. The van der Waals surface area contributed by atoms with Crippen LogP contribution in [0.4, 0.5) is 28.9 Å². The van der Waals surface area contributed by atoms with Crippen molar-refractivity contribution in [3.63, 3.8) is 0 Å². The molecule has 0 fully saturated rings. The monoisotopic (exact) mass is 459 g/mol. The van der Waals surface area contributed by atoms with Crippen LogP contribution in [0.3, 0.4) is 0 Å². The SMILES string of the molecule is Cc1cc2c(c(F)n1)-c1ccnnc1C(C)C(=O)N2CC(=O)Nc1ccc(C(F)(F)F)cc1. The largest absolute Gasteiger partial charge is 0.416 e. The smallest absolute Gasteiger partial charge is 0.325 e. The third-order valence-electron chi connectivity index (χ3n) is 5.24. The molecule has 1 aromatic carbocycles. The van der Waals surface area contributed by atoms with E-state index in [0.717, 1.165) is 29.2 Å². The van der Waals surface area contributed by atoms with Gasteiger partial charge in [0.05, 0.1) is 34.6 Å². The first kappa shape index (κ1) is 22.3. The molecule has 0 bridgehead atoms. The maximum Gasteiger partial charge on any atom is 0.416 e. The van der Waals surface area contributed by atoms with Crippen LogP contribution in [-0.2, 0) is 15.8 Å². The average molecular weight is 459 g/mol. The van der Waals surface area contributed by atoms with Crippen LogP contribution >= 0.6 is 0 Å². The van der Waals surface area contributed by atoms with Crippen LogP contribution < -0.4 is 10.2 Å². The number of pyridine rings is 1. The number of benzene rings is 1. The van der Waals surface area contributed by atoms with E-state index in [0.29, 0.717) is 11.3 Å². The number of hydrogen-bond donors (Lipinski definition) is 1. The molecule has 0 saturated heterocycles. The number of carbonyl (C=O) groups is 2. The Hall–Kier alpha value is -3.89. The summed E-state index contributed by atoms with van der Waals surface area (Å²) in [7, 11) is 0. The molecule has 4 rings (SSSR count). The first-order valence-corrected chi connectivity index (χ1v) is 9.84. The van der Waals surface area contributed by atoms with Crippen molar-refractivity contribution >= 4 is 23.2 Å². The number of nitrogens with one attached hydrogen (secondary N) is 1. The van der Waals surface area contributed by atoms with E-state index < -0.39 is 42.0 Å². The van der Waals surface area contributed by atoms with Gasteiger partial charge in [-0.15, -0.1) is 0 Å². The number of aromatic nitrogens is 3. The summed E-state index contributed by atoms with van der Waals surface area (Å²) < 4.78 is 53.2. The van der Waals surface area contributed by atoms with Crippen molar-refractivity contribution in [2.24, 2.45) is 0 Å². The first-order valence-electron chi connectivity index (χ1n) is 9.84. The maximum absolute atomic E-state index is 14.9. The molecule has 0 radical (unpaired) electrons. The number of alkyl halides is 3. The van der Waals surface area contributed by atoms with Gasteiger partial charge >= 0.3 is 6.18 Å². The van der Waals surface area contributed by atoms with Gasteiger partial charge in [0, 0.05) is 16.9 Å². The molecule has 1 atom stereocenters. The summed E-state index contributed by atoms with van der Waals surface area (Å²) in [4.78, 5) is 30.9. The molecule has 0 spiro atoms. The van der Waals surface area contributed by atoms with Crippen molar-refractivity contribution in [1.82, 2.24) is 15.2 Å². The van der Waals surface area contributed by atoms with Gasteiger partial charge in [0.1, 0.15) is 6.54 Å². The van der Waals surface area contributed by atoms with Crippen LogP contribution in [0.2, 0.25) is 0 Å². The summed E-state index contributed by atoms with van der Waals surface area (Å²) in [6, 6.07) is 6.91. The topological polar surface area (TPSA) is 88.1 Å². The van der Waals surface area contributed by atoms with Crippen LogP contribution in [0.15, 0.2) is 42.6 Å². The minimum Gasteiger partial charge on any atom is -0.325 e. The Kier molecular flexibility index (Phi) is 5.56. The van der Waals surface area contributed by atoms with Crippen LogP contribution in [0.5, 0.6) is 0 Å². The number of carbonyl (C=O) groups excluding carboxylic acids is 2. The van der Waals surface area contributed by atoms with Crippen molar-refractivity contribution < 1.29 is 27.2 Å². The predicted octanol–water partition coefficient (Wildman–Crippen LogP) is 4.09. The Balaban J connectivity index is 1.68. The fourth-order valence-corrected chi connectivity index (χ4v) is 3.67. The quantitative estimate of drug-likeness (QED) is 0.471. The number of rotatable bonds is 3. The summed E-state index contributed by atoms with van der Waals surface area (Å²) in [5, 5.41) is 10.3. The molecule has 1 aliphatic rings. The second-order valence-corrected chi connectivity index (χ2v) is 7.55. The van der Waals surface area contributed by atoms with Gasteiger partial charge in [-0.3, -0.25) is 9.59 Å². The molecule has 3 heterocycles. The lowest BCUT2D eigenvalue weighted by molar-refractivity contribution is -0.137. The van der Waals surface area contributed by atoms with Crippen LogP contribution in [-0.4, -0.2) is 33.5 Å². The van der Waals surface area contributed by atoms with Gasteiger partial charge in [-0.2, -0.15) is 27.8 Å². The van der Waals surface area contributed by atoms with Gasteiger partial charge < -0.3 is 10.2 Å². The van der Waals surface area contributed by atoms with Crippen molar-refractivity contribution in [3.05, 3.63) is 65.5 Å². The zero-order valence-electron chi connectivity index (χ0n) is 17.4. The molecule has 3 aromatic rings. The maximum atomic E-state index is 14.9. The van der Waals surface area contributed by atoms with Crippen LogP contribution in [0.1, 0.15) is 29.8 Å². The highest BCUT2D eigenvalue weighted by molar-refractivity contribution is 6.09. The van der Waals surface area contributed by atoms with Gasteiger partial charge in [0.15, 0.2) is 0 Å². The van der Waals surface area contributed by atoms with E-state index in [9.17, 15) is 27.2 Å². The number of nitrogens with zero attached hydrogens (tertiary/aromatic N) is 4. The van der Waals surface area contributed by atoms with Gasteiger partial charge in [-0.1, -0.05) is 0 Å². The van der Waals surface area contributed by atoms with E-state index >= 15 is 0 Å². The number of fused-ring (bicyclic) bond motifs is 3. The molecule has 33 heavy (non-hydrogen) atoms.